The van der Waals surface area contributed by atoms with Gasteiger partial charge in [-0.2, -0.15) is 5.10 Å². The van der Waals surface area contributed by atoms with Crippen molar-refractivity contribution in [2.24, 2.45) is 18.9 Å². The molecule has 1 saturated carbocycles. The van der Waals surface area contributed by atoms with Crippen molar-refractivity contribution in [2.75, 3.05) is 0 Å². The predicted molar refractivity (Wildman–Crippen MR) is 122 cm³/mol. The minimum atomic E-state index is -0.0908. The Morgan fingerprint density at radius 2 is 2.22 bits per heavy atom. The molecule has 1 amide bonds. The van der Waals surface area contributed by atoms with Crippen LogP contribution in [0.25, 0.3) is 0 Å². The second-order valence-corrected chi connectivity index (χ2v) is 10.2. The smallest absolute Gasteiger partial charge is 0.272 e. The Balaban J connectivity index is 1.26. The number of hydrogen-bond donors (Lipinski definition) is 3. The maximum Gasteiger partial charge on any atom is 0.272 e. The van der Waals surface area contributed by atoms with Gasteiger partial charge in [0, 0.05) is 35.6 Å². The first-order valence-corrected chi connectivity index (χ1v) is 11.7. The van der Waals surface area contributed by atoms with E-state index in [4.69, 9.17) is 0 Å². The van der Waals surface area contributed by atoms with Crippen molar-refractivity contribution in [1.29, 1.82) is 0 Å². The van der Waals surface area contributed by atoms with E-state index in [1.165, 1.54) is 16.8 Å². The molecule has 0 bridgehead atoms. The molecule has 4 unspecified atom stereocenters. The molecular formula is C26H30N4O2. The summed E-state index contributed by atoms with van der Waals surface area (Å²) in [6, 6.07) is 9.94. The summed E-state index contributed by atoms with van der Waals surface area (Å²) in [5.41, 5.74) is 6.74. The number of rotatable bonds is 3. The van der Waals surface area contributed by atoms with Crippen molar-refractivity contribution in [2.45, 2.75) is 56.9 Å². The van der Waals surface area contributed by atoms with Crippen molar-refractivity contribution < 1.29 is 9.90 Å². The molecule has 2 aromatic heterocycles. The lowest BCUT2D eigenvalue weighted by atomic mass is 9.55. The van der Waals surface area contributed by atoms with Crippen LogP contribution >= 0.6 is 0 Å². The van der Waals surface area contributed by atoms with Crippen molar-refractivity contribution in [3.63, 3.8) is 0 Å². The molecule has 1 aromatic carbocycles. The standard InChI is InChI=1S/C26H30N4O2/c1-26-10-9-19-18-8-6-17(31)12-15(18)5-7-20(19)22(26)13-21-23(28-29-24(21)26)25(32)27-14-16-4-3-11-30(16)2/h3-4,6,8,11-12,19-20,22,31H,5,7,9-10,13-14H2,1-2H3,(H,27,32)(H,28,29). The highest BCUT2D eigenvalue weighted by atomic mass is 16.3. The van der Waals surface area contributed by atoms with Crippen LogP contribution in [-0.4, -0.2) is 25.8 Å². The molecule has 3 aliphatic rings. The normalized spacial score (nSPS) is 27.9. The lowest BCUT2D eigenvalue weighted by Crippen LogP contribution is -2.43. The monoisotopic (exact) mass is 430 g/mol. The minimum Gasteiger partial charge on any atom is -0.508 e. The van der Waals surface area contributed by atoms with Gasteiger partial charge in [-0.15, -0.1) is 0 Å². The number of aromatic amines is 1. The van der Waals surface area contributed by atoms with E-state index in [0.29, 0.717) is 35.7 Å². The molecule has 3 aliphatic carbocycles. The summed E-state index contributed by atoms with van der Waals surface area (Å²) >= 11 is 0. The molecule has 4 atom stereocenters. The van der Waals surface area contributed by atoms with Gasteiger partial charge in [-0.05, 0) is 85.3 Å². The highest BCUT2D eigenvalue weighted by Gasteiger charge is 2.54. The molecule has 0 radical (unpaired) electrons. The molecule has 32 heavy (non-hydrogen) atoms. The number of aromatic nitrogens is 3. The zero-order valence-corrected chi connectivity index (χ0v) is 18.7. The number of phenols is 1. The van der Waals surface area contributed by atoms with Crippen molar-refractivity contribution >= 4 is 5.91 Å². The molecule has 0 spiro atoms. The van der Waals surface area contributed by atoms with Gasteiger partial charge in [0.1, 0.15) is 5.75 Å². The largest absolute Gasteiger partial charge is 0.508 e. The summed E-state index contributed by atoms with van der Waals surface area (Å²) in [4.78, 5) is 13.0. The first kappa shape index (κ1) is 19.6. The van der Waals surface area contributed by atoms with Gasteiger partial charge in [0.05, 0.1) is 6.54 Å². The van der Waals surface area contributed by atoms with Crippen LogP contribution in [0.5, 0.6) is 5.75 Å². The molecule has 166 valence electrons. The van der Waals surface area contributed by atoms with Crippen LogP contribution in [0.3, 0.4) is 0 Å². The van der Waals surface area contributed by atoms with Gasteiger partial charge in [0.2, 0.25) is 0 Å². The van der Waals surface area contributed by atoms with E-state index in [2.05, 4.69) is 28.5 Å². The number of aromatic hydroxyl groups is 1. The Morgan fingerprint density at radius 3 is 3.03 bits per heavy atom. The summed E-state index contributed by atoms with van der Waals surface area (Å²) in [5.74, 6) is 1.95. The van der Waals surface area contributed by atoms with E-state index >= 15 is 0 Å². The van der Waals surface area contributed by atoms with Crippen molar-refractivity contribution in [1.82, 2.24) is 20.1 Å². The van der Waals surface area contributed by atoms with Crippen LogP contribution in [-0.2, 0) is 31.8 Å². The Bertz CT molecular complexity index is 1210. The summed E-state index contributed by atoms with van der Waals surface area (Å²) in [7, 11) is 1.99. The molecule has 3 aromatic rings. The lowest BCUT2D eigenvalue weighted by Gasteiger charge is -2.49. The summed E-state index contributed by atoms with van der Waals surface area (Å²) in [5, 5.41) is 20.7. The summed E-state index contributed by atoms with van der Waals surface area (Å²) in [6.45, 7) is 2.87. The molecule has 0 aliphatic heterocycles. The second-order valence-electron chi connectivity index (χ2n) is 10.2. The van der Waals surface area contributed by atoms with Gasteiger partial charge in [0.15, 0.2) is 5.69 Å². The number of nitrogens with zero attached hydrogens (tertiary/aromatic N) is 2. The number of phenolic OH excluding ortho intramolecular Hbond substituents is 1. The van der Waals surface area contributed by atoms with Crippen molar-refractivity contribution in [3.05, 3.63) is 70.3 Å². The maximum absolute atomic E-state index is 13.0. The lowest BCUT2D eigenvalue weighted by molar-refractivity contribution is 0.0936. The van der Waals surface area contributed by atoms with Gasteiger partial charge in [-0.1, -0.05) is 13.0 Å². The number of carbonyl (C=O) groups excluding carboxylic acids is 1. The molecule has 2 heterocycles. The summed E-state index contributed by atoms with van der Waals surface area (Å²) in [6.07, 6.45) is 7.31. The average Bonchev–Trinajstić information content (AvgIpc) is 3.46. The van der Waals surface area contributed by atoms with Crippen LogP contribution in [0.2, 0.25) is 0 Å². The van der Waals surface area contributed by atoms with E-state index in [1.54, 1.807) is 0 Å². The number of fused-ring (bicyclic) bond motifs is 7. The molecule has 6 rings (SSSR count). The Labute approximate surface area is 188 Å². The highest BCUT2D eigenvalue weighted by molar-refractivity contribution is 5.94. The number of hydrogen-bond acceptors (Lipinski definition) is 3. The second kappa shape index (κ2) is 6.99. The molecule has 1 fully saturated rings. The quantitative estimate of drug-likeness (QED) is 0.588. The number of H-pyrrole nitrogens is 1. The van der Waals surface area contributed by atoms with Crippen LogP contribution in [0.4, 0.5) is 0 Å². The van der Waals surface area contributed by atoms with Crippen molar-refractivity contribution in [3.8, 4) is 5.75 Å². The van der Waals surface area contributed by atoms with E-state index < -0.39 is 0 Å². The number of carbonyl (C=O) groups is 1. The molecular weight excluding hydrogens is 400 g/mol. The predicted octanol–water partition coefficient (Wildman–Crippen LogP) is 3.95. The Morgan fingerprint density at radius 1 is 1.34 bits per heavy atom. The fourth-order valence-electron chi connectivity index (χ4n) is 6.95. The third-order valence-corrected chi connectivity index (χ3v) is 8.66. The van der Waals surface area contributed by atoms with Crippen LogP contribution in [0.15, 0.2) is 36.5 Å². The van der Waals surface area contributed by atoms with Crippen LogP contribution in [0, 0.1) is 11.8 Å². The van der Waals surface area contributed by atoms with E-state index in [1.807, 2.05) is 42.1 Å². The topological polar surface area (TPSA) is 82.9 Å². The number of benzene rings is 1. The number of amides is 1. The zero-order valence-electron chi connectivity index (χ0n) is 18.7. The van der Waals surface area contributed by atoms with Gasteiger partial charge in [-0.25, -0.2) is 0 Å². The van der Waals surface area contributed by atoms with Gasteiger partial charge < -0.3 is 15.0 Å². The fraction of sp³-hybridized carbons (Fsp3) is 0.462. The van der Waals surface area contributed by atoms with Gasteiger partial charge >= 0.3 is 0 Å². The maximum atomic E-state index is 13.0. The van der Waals surface area contributed by atoms with E-state index in [-0.39, 0.29) is 11.3 Å². The number of nitrogens with one attached hydrogen (secondary N) is 2. The molecule has 6 heteroatoms. The third-order valence-electron chi connectivity index (χ3n) is 8.66. The first-order chi connectivity index (χ1) is 15.5. The average molecular weight is 431 g/mol. The number of aryl methyl sites for hydroxylation is 2. The zero-order chi connectivity index (χ0) is 22.0. The molecule has 0 saturated heterocycles. The Hall–Kier alpha value is -3.02. The van der Waals surface area contributed by atoms with Gasteiger partial charge in [-0.3, -0.25) is 9.89 Å². The van der Waals surface area contributed by atoms with Gasteiger partial charge in [0.25, 0.3) is 5.91 Å². The highest BCUT2D eigenvalue weighted by Crippen LogP contribution is 2.60. The van der Waals surface area contributed by atoms with E-state index in [9.17, 15) is 9.90 Å². The fourth-order valence-corrected chi connectivity index (χ4v) is 6.95. The first-order valence-electron chi connectivity index (χ1n) is 11.7. The molecule has 6 nitrogen and oxygen atoms in total. The minimum absolute atomic E-state index is 0.0502. The van der Waals surface area contributed by atoms with Crippen LogP contribution in [0.1, 0.15) is 70.7 Å². The Kier molecular flexibility index (Phi) is 4.29. The molecule has 3 N–H and O–H groups in total. The SMILES string of the molecule is Cn1cccc1CNC(=O)c1n[nH]c2c1CC1C3CCc4cc(O)ccc4C3CCC21C. The summed E-state index contributed by atoms with van der Waals surface area (Å²) < 4.78 is 2.02. The van der Waals surface area contributed by atoms with Crippen LogP contribution < -0.4 is 5.32 Å². The third kappa shape index (κ3) is 2.78. The van der Waals surface area contributed by atoms with E-state index in [0.717, 1.165) is 43.4 Å².